The Hall–Kier alpha value is -2.04. The molecule has 1 aromatic rings. The summed E-state index contributed by atoms with van der Waals surface area (Å²) in [4.78, 5) is 22.1. The SMILES string of the molecule is CCCC(CCc1ccccc1)NC(=O)NCCC(=O)O. The van der Waals surface area contributed by atoms with Crippen molar-refractivity contribution in [2.75, 3.05) is 6.54 Å². The van der Waals surface area contributed by atoms with Gasteiger partial charge in [-0.25, -0.2) is 4.79 Å². The molecule has 1 atom stereocenters. The Labute approximate surface area is 125 Å². The highest BCUT2D eigenvalue weighted by atomic mass is 16.4. The summed E-state index contributed by atoms with van der Waals surface area (Å²) in [6.45, 7) is 2.23. The van der Waals surface area contributed by atoms with Gasteiger partial charge in [0.1, 0.15) is 0 Å². The molecule has 2 amide bonds. The van der Waals surface area contributed by atoms with Gasteiger partial charge in [0, 0.05) is 12.6 Å². The molecule has 0 heterocycles. The first-order chi connectivity index (χ1) is 10.1. The lowest BCUT2D eigenvalue weighted by molar-refractivity contribution is -0.136. The zero-order valence-electron chi connectivity index (χ0n) is 12.5. The zero-order chi connectivity index (χ0) is 15.5. The first kappa shape index (κ1) is 17.0. The van der Waals surface area contributed by atoms with E-state index in [1.54, 1.807) is 0 Å². The van der Waals surface area contributed by atoms with Crippen LogP contribution in [0.5, 0.6) is 0 Å². The van der Waals surface area contributed by atoms with E-state index in [4.69, 9.17) is 5.11 Å². The summed E-state index contributed by atoms with van der Waals surface area (Å²) in [5.41, 5.74) is 1.26. The molecule has 5 heteroatoms. The van der Waals surface area contributed by atoms with Crippen molar-refractivity contribution in [2.45, 2.75) is 45.1 Å². The van der Waals surface area contributed by atoms with Crippen LogP contribution in [0.3, 0.4) is 0 Å². The summed E-state index contributed by atoms with van der Waals surface area (Å²) in [5, 5.41) is 14.0. The molecule has 0 aromatic heterocycles. The molecule has 0 fully saturated rings. The van der Waals surface area contributed by atoms with E-state index < -0.39 is 5.97 Å². The van der Waals surface area contributed by atoms with Crippen molar-refractivity contribution < 1.29 is 14.7 Å². The highest BCUT2D eigenvalue weighted by Gasteiger charge is 2.11. The number of aliphatic carboxylic acids is 1. The van der Waals surface area contributed by atoms with Gasteiger partial charge in [-0.15, -0.1) is 0 Å². The minimum Gasteiger partial charge on any atom is -0.481 e. The number of carboxylic acid groups (broad SMARTS) is 1. The smallest absolute Gasteiger partial charge is 0.315 e. The predicted molar refractivity (Wildman–Crippen MR) is 82.2 cm³/mol. The Kier molecular flexibility index (Phi) is 7.94. The minimum absolute atomic E-state index is 0.0596. The second kappa shape index (κ2) is 9.80. The molecule has 1 rings (SSSR count). The van der Waals surface area contributed by atoms with Crippen molar-refractivity contribution in [3.8, 4) is 0 Å². The van der Waals surface area contributed by atoms with Gasteiger partial charge >= 0.3 is 12.0 Å². The number of nitrogens with one attached hydrogen (secondary N) is 2. The zero-order valence-corrected chi connectivity index (χ0v) is 12.5. The Morgan fingerprint density at radius 1 is 1.19 bits per heavy atom. The molecule has 0 saturated carbocycles. The molecule has 0 aliphatic rings. The van der Waals surface area contributed by atoms with Crippen molar-refractivity contribution in [1.82, 2.24) is 10.6 Å². The molecule has 1 unspecified atom stereocenters. The van der Waals surface area contributed by atoms with Crippen molar-refractivity contribution in [3.05, 3.63) is 35.9 Å². The molecule has 3 N–H and O–H groups in total. The molecule has 0 saturated heterocycles. The fourth-order valence-corrected chi connectivity index (χ4v) is 2.14. The minimum atomic E-state index is -0.913. The second-order valence-electron chi connectivity index (χ2n) is 5.05. The number of rotatable bonds is 9. The second-order valence-corrected chi connectivity index (χ2v) is 5.05. The van der Waals surface area contributed by atoms with Crippen LogP contribution >= 0.6 is 0 Å². The molecule has 0 radical (unpaired) electrons. The van der Waals surface area contributed by atoms with Gasteiger partial charge in [0.15, 0.2) is 0 Å². The van der Waals surface area contributed by atoms with Crippen molar-refractivity contribution in [2.24, 2.45) is 0 Å². The quantitative estimate of drug-likeness (QED) is 0.654. The van der Waals surface area contributed by atoms with E-state index in [1.807, 2.05) is 18.2 Å². The van der Waals surface area contributed by atoms with Crippen LogP contribution in [0, 0.1) is 0 Å². The average Bonchev–Trinajstić information content (AvgIpc) is 2.45. The molecule has 21 heavy (non-hydrogen) atoms. The number of urea groups is 1. The fourth-order valence-electron chi connectivity index (χ4n) is 2.14. The first-order valence-electron chi connectivity index (χ1n) is 7.42. The van der Waals surface area contributed by atoms with Crippen LogP contribution in [0.15, 0.2) is 30.3 Å². The van der Waals surface area contributed by atoms with Gasteiger partial charge in [-0.1, -0.05) is 43.7 Å². The van der Waals surface area contributed by atoms with Crippen LogP contribution in [0.1, 0.15) is 38.2 Å². The summed E-state index contributed by atoms with van der Waals surface area (Å²) < 4.78 is 0. The molecule has 0 aliphatic carbocycles. The molecular weight excluding hydrogens is 268 g/mol. The highest BCUT2D eigenvalue weighted by Crippen LogP contribution is 2.08. The lowest BCUT2D eigenvalue weighted by atomic mass is 10.0. The Morgan fingerprint density at radius 2 is 1.90 bits per heavy atom. The van der Waals surface area contributed by atoms with Crippen molar-refractivity contribution in [3.63, 3.8) is 0 Å². The van der Waals surface area contributed by atoms with Crippen LogP contribution in [0.25, 0.3) is 0 Å². The van der Waals surface area contributed by atoms with Gasteiger partial charge in [0.2, 0.25) is 0 Å². The molecule has 5 nitrogen and oxygen atoms in total. The van der Waals surface area contributed by atoms with E-state index in [9.17, 15) is 9.59 Å². The third-order valence-corrected chi connectivity index (χ3v) is 3.22. The van der Waals surface area contributed by atoms with Gasteiger partial charge in [0.25, 0.3) is 0 Å². The summed E-state index contributed by atoms with van der Waals surface area (Å²) >= 11 is 0. The van der Waals surface area contributed by atoms with Gasteiger partial charge < -0.3 is 15.7 Å². The predicted octanol–water partition coefficient (Wildman–Crippen LogP) is 2.56. The number of aryl methyl sites for hydroxylation is 1. The summed E-state index contributed by atoms with van der Waals surface area (Å²) in [6.07, 6.45) is 3.65. The first-order valence-corrected chi connectivity index (χ1v) is 7.42. The van der Waals surface area contributed by atoms with E-state index >= 15 is 0 Å². The summed E-state index contributed by atoms with van der Waals surface area (Å²) in [6, 6.07) is 9.99. The highest BCUT2D eigenvalue weighted by molar-refractivity contribution is 5.75. The number of carbonyl (C=O) groups excluding carboxylic acids is 1. The van der Waals surface area contributed by atoms with E-state index in [1.165, 1.54) is 5.56 Å². The molecule has 1 aromatic carbocycles. The molecule has 0 spiro atoms. The number of carbonyl (C=O) groups is 2. The normalized spacial score (nSPS) is 11.7. The molecule has 0 bridgehead atoms. The average molecular weight is 292 g/mol. The Balaban J connectivity index is 2.34. The maximum absolute atomic E-state index is 11.7. The standard InChI is InChI=1S/C16H24N2O3/c1-2-6-14(10-9-13-7-4-3-5-8-13)18-16(21)17-12-11-15(19)20/h3-5,7-8,14H,2,6,9-12H2,1H3,(H,19,20)(H2,17,18,21). The number of carboxylic acids is 1. The van der Waals surface area contributed by atoms with E-state index in [0.29, 0.717) is 0 Å². The van der Waals surface area contributed by atoms with Crippen molar-refractivity contribution >= 4 is 12.0 Å². The Morgan fingerprint density at radius 3 is 2.52 bits per heavy atom. The summed E-state index contributed by atoms with van der Waals surface area (Å²) in [5.74, 6) is -0.913. The number of hydrogen-bond acceptors (Lipinski definition) is 2. The maximum atomic E-state index is 11.7. The van der Waals surface area contributed by atoms with Gasteiger partial charge in [0.05, 0.1) is 6.42 Å². The lowest BCUT2D eigenvalue weighted by Crippen LogP contribution is -2.42. The van der Waals surface area contributed by atoms with E-state index in [2.05, 4.69) is 29.7 Å². The van der Waals surface area contributed by atoms with E-state index in [0.717, 1.165) is 25.7 Å². The third-order valence-electron chi connectivity index (χ3n) is 3.22. The molecular formula is C16H24N2O3. The largest absolute Gasteiger partial charge is 0.481 e. The maximum Gasteiger partial charge on any atom is 0.315 e. The molecule has 0 aliphatic heterocycles. The number of benzene rings is 1. The number of hydrogen-bond donors (Lipinski definition) is 3. The number of amides is 2. The van der Waals surface area contributed by atoms with Crippen LogP contribution in [-0.2, 0) is 11.2 Å². The van der Waals surface area contributed by atoms with Crippen molar-refractivity contribution in [1.29, 1.82) is 0 Å². The monoisotopic (exact) mass is 292 g/mol. The summed E-state index contributed by atoms with van der Waals surface area (Å²) in [7, 11) is 0. The van der Waals surface area contributed by atoms with Crippen LogP contribution in [-0.4, -0.2) is 29.7 Å². The molecule has 116 valence electrons. The van der Waals surface area contributed by atoms with Gasteiger partial charge in [-0.2, -0.15) is 0 Å². The van der Waals surface area contributed by atoms with E-state index in [-0.39, 0.29) is 25.0 Å². The van der Waals surface area contributed by atoms with Crippen LogP contribution in [0.2, 0.25) is 0 Å². The Bertz CT molecular complexity index is 434. The topological polar surface area (TPSA) is 78.4 Å². The van der Waals surface area contributed by atoms with Crippen LogP contribution in [0.4, 0.5) is 4.79 Å². The van der Waals surface area contributed by atoms with Crippen LogP contribution < -0.4 is 10.6 Å². The third kappa shape index (κ3) is 7.97. The fraction of sp³-hybridized carbons (Fsp3) is 0.500. The van der Waals surface area contributed by atoms with Gasteiger partial charge in [-0.05, 0) is 24.8 Å². The van der Waals surface area contributed by atoms with Gasteiger partial charge in [-0.3, -0.25) is 4.79 Å². The lowest BCUT2D eigenvalue weighted by Gasteiger charge is -2.18.